The summed E-state index contributed by atoms with van der Waals surface area (Å²) in [7, 11) is 1.39. The fraction of sp³-hybridized carbons (Fsp3) is 0.353. The van der Waals surface area contributed by atoms with E-state index in [0.717, 1.165) is 29.9 Å². The molecule has 1 atom stereocenters. The van der Waals surface area contributed by atoms with E-state index in [1.54, 1.807) is 12.1 Å². The van der Waals surface area contributed by atoms with Crippen LogP contribution in [0.25, 0.3) is 0 Å². The molecule has 0 saturated heterocycles. The summed E-state index contributed by atoms with van der Waals surface area (Å²) in [6.07, 6.45) is 3.93. The Morgan fingerprint density at radius 1 is 1.45 bits per heavy atom. The van der Waals surface area contributed by atoms with E-state index >= 15 is 0 Å². The molecule has 114 valence electrons. The maximum Gasteiger partial charge on any atom is 0.337 e. The zero-order valence-corrected chi connectivity index (χ0v) is 12.8. The van der Waals surface area contributed by atoms with Crippen LogP contribution in [-0.4, -0.2) is 23.0 Å². The van der Waals surface area contributed by atoms with Crippen LogP contribution in [0.3, 0.4) is 0 Å². The number of nitrogens with zero attached hydrogens (tertiary/aromatic N) is 2. The van der Waals surface area contributed by atoms with Crippen LogP contribution in [0.15, 0.2) is 30.5 Å². The molecule has 0 spiro atoms. The van der Waals surface area contributed by atoms with Gasteiger partial charge in [0.05, 0.1) is 30.1 Å². The van der Waals surface area contributed by atoms with E-state index in [4.69, 9.17) is 4.74 Å². The number of aryl methyl sites for hydroxylation is 2. The highest BCUT2D eigenvalue weighted by Crippen LogP contribution is 2.28. The Balaban J connectivity index is 1.72. The SMILES string of the molecule is COC(=O)c1cc(C)nc(CN[C@H]2CCc3cccnc32)c1. The highest BCUT2D eigenvalue weighted by atomic mass is 16.5. The second-order valence-corrected chi connectivity index (χ2v) is 5.50. The summed E-state index contributed by atoms with van der Waals surface area (Å²) < 4.78 is 4.77. The van der Waals surface area contributed by atoms with E-state index in [0.29, 0.717) is 12.1 Å². The van der Waals surface area contributed by atoms with Crippen molar-refractivity contribution < 1.29 is 9.53 Å². The number of carbonyl (C=O) groups is 1. The maximum atomic E-state index is 11.7. The lowest BCUT2D eigenvalue weighted by Crippen LogP contribution is -2.20. The van der Waals surface area contributed by atoms with Crippen LogP contribution in [0.5, 0.6) is 0 Å². The van der Waals surface area contributed by atoms with Crippen molar-refractivity contribution >= 4 is 5.97 Å². The van der Waals surface area contributed by atoms with E-state index in [1.165, 1.54) is 12.7 Å². The molecule has 0 aromatic carbocycles. The fourth-order valence-corrected chi connectivity index (χ4v) is 2.90. The van der Waals surface area contributed by atoms with E-state index in [2.05, 4.69) is 21.4 Å². The van der Waals surface area contributed by atoms with Gasteiger partial charge in [-0.3, -0.25) is 9.97 Å². The van der Waals surface area contributed by atoms with Gasteiger partial charge in [0.15, 0.2) is 0 Å². The Bertz CT molecular complexity index is 700. The molecule has 5 heteroatoms. The van der Waals surface area contributed by atoms with Crippen LogP contribution in [-0.2, 0) is 17.7 Å². The average molecular weight is 297 g/mol. The van der Waals surface area contributed by atoms with E-state index in [9.17, 15) is 4.79 Å². The summed E-state index contributed by atoms with van der Waals surface area (Å²) in [6.45, 7) is 2.48. The highest BCUT2D eigenvalue weighted by Gasteiger charge is 2.23. The Kier molecular flexibility index (Phi) is 4.15. The summed E-state index contributed by atoms with van der Waals surface area (Å²) in [5.74, 6) is -0.334. The first-order valence-corrected chi connectivity index (χ1v) is 7.40. The lowest BCUT2D eigenvalue weighted by atomic mass is 10.1. The predicted octanol–water partition coefficient (Wildman–Crippen LogP) is 2.35. The smallest absolute Gasteiger partial charge is 0.337 e. The third-order valence-electron chi connectivity index (χ3n) is 3.92. The molecular weight excluding hydrogens is 278 g/mol. The van der Waals surface area contributed by atoms with Crippen LogP contribution in [0, 0.1) is 6.92 Å². The number of nitrogens with one attached hydrogen (secondary N) is 1. The van der Waals surface area contributed by atoms with Crippen molar-refractivity contribution in [3.05, 3.63) is 58.7 Å². The first-order chi connectivity index (χ1) is 10.7. The molecule has 0 saturated carbocycles. The molecule has 0 unspecified atom stereocenters. The zero-order valence-electron chi connectivity index (χ0n) is 12.8. The molecular formula is C17H19N3O2. The molecule has 0 amide bonds. The van der Waals surface area contributed by atoms with Crippen molar-refractivity contribution in [1.29, 1.82) is 0 Å². The molecule has 5 nitrogen and oxygen atoms in total. The van der Waals surface area contributed by atoms with Gasteiger partial charge in [-0.05, 0) is 43.5 Å². The monoisotopic (exact) mass is 297 g/mol. The van der Waals surface area contributed by atoms with Gasteiger partial charge in [0.2, 0.25) is 0 Å². The number of esters is 1. The first kappa shape index (κ1) is 14.7. The Labute approximate surface area is 129 Å². The van der Waals surface area contributed by atoms with E-state index in [-0.39, 0.29) is 12.0 Å². The molecule has 1 aliphatic carbocycles. The second-order valence-electron chi connectivity index (χ2n) is 5.50. The van der Waals surface area contributed by atoms with Crippen LogP contribution in [0.2, 0.25) is 0 Å². The van der Waals surface area contributed by atoms with Gasteiger partial charge in [0.1, 0.15) is 0 Å². The van der Waals surface area contributed by atoms with Gasteiger partial charge in [0.25, 0.3) is 0 Å². The quantitative estimate of drug-likeness (QED) is 0.878. The van der Waals surface area contributed by atoms with Crippen molar-refractivity contribution in [3.63, 3.8) is 0 Å². The molecule has 2 aromatic rings. The number of fused-ring (bicyclic) bond motifs is 1. The van der Waals surface area contributed by atoms with E-state index < -0.39 is 0 Å². The molecule has 0 fully saturated rings. The summed E-state index contributed by atoms with van der Waals surface area (Å²) >= 11 is 0. The first-order valence-electron chi connectivity index (χ1n) is 7.40. The number of methoxy groups -OCH3 is 1. The summed E-state index contributed by atoms with van der Waals surface area (Å²) in [6, 6.07) is 7.87. The molecule has 0 bridgehead atoms. The van der Waals surface area contributed by atoms with Crippen molar-refractivity contribution in [3.8, 4) is 0 Å². The normalized spacial score (nSPS) is 16.4. The second kappa shape index (κ2) is 6.23. The van der Waals surface area contributed by atoms with Crippen LogP contribution < -0.4 is 5.32 Å². The molecule has 3 rings (SSSR count). The predicted molar refractivity (Wildman–Crippen MR) is 82.5 cm³/mol. The van der Waals surface area contributed by atoms with Crippen molar-refractivity contribution in [2.24, 2.45) is 0 Å². The number of hydrogen-bond donors (Lipinski definition) is 1. The van der Waals surface area contributed by atoms with E-state index in [1.807, 2.05) is 19.2 Å². The van der Waals surface area contributed by atoms with Crippen molar-refractivity contribution in [2.75, 3.05) is 7.11 Å². The zero-order chi connectivity index (χ0) is 15.5. The maximum absolute atomic E-state index is 11.7. The lowest BCUT2D eigenvalue weighted by molar-refractivity contribution is 0.0600. The summed E-state index contributed by atoms with van der Waals surface area (Å²) in [5, 5.41) is 3.49. The molecule has 22 heavy (non-hydrogen) atoms. The number of aromatic nitrogens is 2. The molecule has 0 aliphatic heterocycles. The van der Waals surface area contributed by atoms with Gasteiger partial charge in [-0.25, -0.2) is 4.79 Å². The van der Waals surface area contributed by atoms with Gasteiger partial charge < -0.3 is 10.1 Å². The Hall–Kier alpha value is -2.27. The molecule has 0 radical (unpaired) electrons. The Morgan fingerprint density at radius 2 is 2.32 bits per heavy atom. The lowest BCUT2D eigenvalue weighted by Gasteiger charge is -2.13. The van der Waals surface area contributed by atoms with Gasteiger partial charge in [-0.15, -0.1) is 0 Å². The fourth-order valence-electron chi connectivity index (χ4n) is 2.90. The minimum absolute atomic E-state index is 0.250. The third-order valence-corrected chi connectivity index (χ3v) is 3.92. The number of pyridine rings is 2. The van der Waals surface area contributed by atoms with Gasteiger partial charge in [-0.2, -0.15) is 0 Å². The van der Waals surface area contributed by atoms with Crippen molar-refractivity contribution in [2.45, 2.75) is 32.4 Å². The van der Waals surface area contributed by atoms with Gasteiger partial charge >= 0.3 is 5.97 Å². The topological polar surface area (TPSA) is 64.1 Å². The van der Waals surface area contributed by atoms with Gasteiger partial charge in [0, 0.05) is 18.4 Å². The average Bonchev–Trinajstić information content (AvgIpc) is 2.95. The molecule has 1 N–H and O–H groups in total. The van der Waals surface area contributed by atoms with Crippen LogP contribution in [0.4, 0.5) is 0 Å². The van der Waals surface area contributed by atoms with Crippen LogP contribution >= 0.6 is 0 Å². The standard InChI is InChI=1S/C17H19N3O2/c1-11-8-13(17(21)22-2)9-14(20-11)10-19-15-6-5-12-4-3-7-18-16(12)15/h3-4,7-9,15,19H,5-6,10H2,1-2H3/t15-/m0/s1. The van der Waals surface area contributed by atoms with Crippen molar-refractivity contribution in [1.82, 2.24) is 15.3 Å². The summed E-state index contributed by atoms with van der Waals surface area (Å²) in [5.41, 5.74) is 4.63. The van der Waals surface area contributed by atoms with Crippen LogP contribution in [0.1, 0.15) is 45.5 Å². The minimum atomic E-state index is -0.334. The Morgan fingerprint density at radius 3 is 3.14 bits per heavy atom. The number of hydrogen-bond acceptors (Lipinski definition) is 5. The highest BCUT2D eigenvalue weighted by molar-refractivity contribution is 5.89. The number of rotatable bonds is 4. The van der Waals surface area contributed by atoms with Gasteiger partial charge in [-0.1, -0.05) is 6.07 Å². The molecule has 2 aromatic heterocycles. The molecule has 1 aliphatic rings. The number of carbonyl (C=O) groups excluding carboxylic acids is 1. The molecule has 2 heterocycles. The minimum Gasteiger partial charge on any atom is -0.465 e. The summed E-state index contributed by atoms with van der Waals surface area (Å²) in [4.78, 5) is 20.6. The largest absolute Gasteiger partial charge is 0.465 e. The third kappa shape index (κ3) is 2.99. The number of ether oxygens (including phenoxy) is 1.